The van der Waals surface area contributed by atoms with Crippen molar-refractivity contribution < 1.29 is 0 Å². The van der Waals surface area contributed by atoms with Crippen LogP contribution < -0.4 is 5.32 Å². The molecule has 0 spiro atoms. The summed E-state index contributed by atoms with van der Waals surface area (Å²) in [5.41, 5.74) is 1.11. The van der Waals surface area contributed by atoms with Crippen LogP contribution in [-0.2, 0) is 0 Å². The van der Waals surface area contributed by atoms with Crippen molar-refractivity contribution >= 4 is 5.69 Å². The van der Waals surface area contributed by atoms with Crippen LogP contribution in [0, 0.1) is 5.92 Å². The number of anilines is 1. The largest absolute Gasteiger partial charge is 0.379 e. The van der Waals surface area contributed by atoms with Gasteiger partial charge in [0, 0.05) is 25.0 Å². The quantitative estimate of drug-likeness (QED) is 0.922. The van der Waals surface area contributed by atoms with Crippen LogP contribution >= 0.6 is 0 Å². The van der Waals surface area contributed by atoms with E-state index in [9.17, 15) is 0 Å². The fourth-order valence-corrected chi connectivity index (χ4v) is 3.35. The summed E-state index contributed by atoms with van der Waals surface area (Å²) in [5, 5.41) is 7.84. The fraction of sp³-hybridized carbons (Fsp3) is 0.467. The second-order valence-corrected chi connectivity index (χ2v) is 5.74. The molecule has 2 bridgehead atoms. The number of aromatic nitrogens is 3. The summed E-state index contributed by atoms with van der Waals surface area (Å²) in [5.74, 6) is 1.68. The Bertz CT molecular complexity index is 554. The lowest BCUT2D eigenvalue weighted by Gasteiger charge is -2.45. The van der Waals surface area contributed by atoms with E-state index in [1.54, 1.807) is 10.9 Å². The Kier molecular flexibility index (Phi) is 2.92. The molecule has 1 atom stereocenters. The second-order valence-electron chi connectivity index (χ2n) is 5.74. The van der Waals surface area contributed by atoms with E-state index in [0.29, 0.717) is 6.04 Å². The van der Waals surface area contributed by atoms with Gasteiger partial charge in [0.2, 0.25) is 0 Å². The third-order valence-corrected chi connectivity index (χ3v) is 4.50. The van der Waals surface area contributed by atoms with Crippen LogP contribution in [0.15, 0.2) is 36.8 Å². The monoisotopic (exact) mass is 269 g/mol. The lowest BCUT2D eigenvalue weighted by atomic mass is 9.84. The Labute approximate surface area is 118 Å². The molecule has 5 nitrogen and oxygen atoms in total. The summed E-state index contributed by atoms with van der Waals surface area (Å²) >= 11 is 0. The van der Waals surface area contributed by atoms with Gasteiger partial charge >= 0.3 is 0 Å². The first-order valence-electron chi connectivity index (χ1n) is 7.33. The Balaban J connectivity index is 1.47. The Hall–Kier alpha value is -1.88. The lowest BCUT2D eigenvalue weighted by Crippen LogP contribution is -2.53. The van der Waals surface area contributed by atoms with E-state index < -0.39 is 0 Å². The van der Waals surface area contributed by atoms with Gasteiger partial charge in [-0.25, -0.2) is 9.67 Å². The Morgan fingerprint density at radius 2 is 2.10 bits per heavy atom. The zero-order valence-electron chi connectivity index (χ0n) is 11.4. The number of hydrogen-bond donors (Lipinski definition) is 1. The molecular formula is C15H19N5. The minimum absolute atomic E-state index is 0.579. The molecule has 3 fully saturated rings. The maximum absolute atomic E-state index is 4.47. The van der Waals surface area contributed by atoms with Gasteiger partial charge in [0.15, 0.2) is 5.82 Å². The number of fused-ring (bicyclic) bond motifs is 3. The number of nitrogens with zero attached hydrogens (tertiary/aromatic N) is 4. The molecule has 1 N–H and O–H groups in total. The molecule has 3 aliphatic heterocycles. The number of pyridine rings is 1. The van der Waals surface area contributed by atoms with Gasteiger partial charge in [-0.15, -0.1) is 0 Å². The highest BCUT2D eigenvalue weighted by molar-refractivity contribution is 5.44. The fourth-order valence-electron chi connectivity index (χ4n) is 3.35. The van der Waals surface area contributed by atoms with Gasteiger partial charge in [-0.3, -0.25) is 0 Å². The summed E-state index contributed by atoms with van der Waals surface area (Å²) in [4.78, 5) is 7.03. The Morgan fingerprint density at radius 1 is 1.20 bits per heavy atom. The van der Waals surface area contributed by atoms with Crippen LogP contribution in [0.1, 0.15) is 12.8 Å². The van der Waals surface area contributed by atoms with Gasteiger partial charge in [0.1, 0.15) is 0 Å². The van der Waals surface area contributed by atoms with Crippen molar-refractivity contribution in [1.29, 1.82) is 0 Å². The predicted octanol–water partition coefficient (Wildman–Crippen LogP) is 1.77. The summed E-state index contributed by atoms with van der Waals surface area (Å²) in [6, 6.07) is 6.59. The van der Waals surface area contributed by atoms with E-state index in [2.05, 4.69) is 26.4 Å². The third kappa shape index (κ3) is 2.18. The van der Waals surface area contributed by atoms with Gasteiger partial charge in [-0.05, 0) is 50.0 Å². The molecule has 0 aliphatic carbocycles. The SMILES string of the molecule is c1cnn(-c2ccc(NC3CN4CCC3CC4)cn2)c1. The molecule has 5 heteroatoms. The molecule has 0 saturated carbocycles. The van der Waals surface area contributed by atoms with Crippen LogP contribution in [0.25, 0.3) is 5.82 Å². The van der Waals surface area contributed by atoms with E-state index in [1.165, 1.54) is 32.5 Å². The third-order valence-electron chi connectivity index (χ3n) is 4.50. The molecule has 3 saturated heterocycles. The average Bonchev–Trinajstić information content (AvgIpc) is 3.04. The minimum Gasteiger partial charge on any atom is -0.379 e. The first kappa shape index (κ1) is 11.9. The van der Waals surface area contributed by atoms with Crippen LogP contribution in [0.4, 0.5) is 5.69 Å². The van der Waals surface area contributed by atoms with Gasteiger partial charge in [0.25, 0.3) is 0 Å². The molecular weight excluding hydrogens is 250 g/mol. The molecule has 5 rings (SSSR count). The van der Waals surface area contributed by atoms with Gasteiger partial charge < -0.3 is 10.2 Å². The smallest absolute Gasteiger partial charge is 0.153 e. The van der Waals surface area contributed by atoms with E-state index in [4.69, 9.17) is 0 Å². The van der Waals surface area contributed by atoms with Crippen molar-refractivity contribution in [2.75, 3.05) is 25.0 Å². The van der Waals surface area contributed by atoms with Crippen molar-refractivity contribution in [2.45, 2.75) is 18.9 Å². The first-order chi connectivity index (χ1) is 9.88. The number of nitrogens with one attached hydrogen (secondary N) is 1. The first-order valence-corrected chi connectivity index (χ1v) is 7.33. The normalized spacial score (nSPS) is 28.5. The topological polar surface area (TPSA) is 46.0 Å². The maximum Gasteiger partial charge on any atom is 0.153 e. The second kappa shape index (κ2) is 4.90. The molecule has 0 aromatic carbocycles. The van der Waals surface area contributed by atoms with Crippen molar-refractivity contribution in [3.05, 3.63) is 36.8 Å². The van der Waals surface area contributed by atoms with E-state index in [-0.39, 0.29) is 0 Å². The van der Waals surface area contributed by atoms with Crippen LogP contribution in [0.2, 0.25) is 0 Å². The lowest BCUT2D eigenvalue weighted by molar-refractivity contribution is 0.0975. The maximum atomic E-state index is 4.47. The highest BCUT2D eigenvalue weighted by Gasteiger charge is 2.33. The standard InChI is InChI=1S/C15H19N5/c1-6-17-20(7-1)15-3-2-13(10-16-15)18-14-11-19-8-4-12(14)5-9-19/h1-3,6-7,10,12,14,18H,4-5,8-9,11H2. The summed E-state index contributed by atoms with van der Waals surface area (Å²) < 4.78 is 1.78. The summed E-state index contributed by atoms with van der Waals surface area (Å²) in [6.45, 7) is 3.73. The van der Waals surface area contributed by atoms with E-state index >= 15 is 0 Å². The minimum atomic E-state index is 0.579. The van der Waals surface area contributed by atoms with Crippen molar-refractivity contribution in [3.8, 4) is 5.82 Å². The zero-order chi connectivity index (χ0) is 13.4. The van der Waals surface area contributed by atoms with Gasteiger partial charge in [-0.1, -0.05) is 0 Å². The average molecular weight is 269 g/mol. The van der Waals surface area contributed by atoms with E-state index in [0.717, 1.165) is 17.4 Å². The predicted molar refractivity (Wildman–Crippen MR) is 77.9 cm³/mol. The molecule has 104 valence electrons. The molecule has 20 heavy (non-hydrogen) atoms. The van der Waals surface area contributed by atoms with Crippen molar-refractivity contribution in [1.82, 2.24) is 19.7 Å². The van der Waals surface area contributed by atoms with Gasteiger partial charge in [0.05, 0.1) is 11.9 Å². The van der Waals surface area contributed by atoms with Crippen LogP contribution in [0.5, 0.6) is 0 Å². The summed E-state index contributed by atoms with van der Waals surface area (Å²) in [6.07, 6.45) is 8.24. The highest BCUT2D eigenvalue weighted by Crippen LogP contribution is 2.29. The molecule has 5 heterocycles. The number of piperidine rings is 3. The number of hydrogen-bond acceptors (Lipinski definition) is 4. The molecule has 3 aliphatic rings. The molecule has 0 amide bonds. The van der Waals surface area contributed by atoms with Crippen molar-refractivity contribution in [2.24, 2.45) is 5.92 Å². The zero-order valence-corrected chi connectivity index (χ0v) is 11.4. The van der Waals surface area contributed by atoms with Crippen molar-refractivity contribution in [3.63, 3.8) is 0 Å². The van der Waals surface area contributed by atoms with Gasteiger partial charge in [-0.2, -0.15) is 5.10 Å². The highest BCUT2D eigenvalue weighted by atomic mass is 15.3. The number of rotatable bonds is 3. The molecule has 2 aromatic heterocycles. The molecule has 1 unspecified atom stereocenters. The molecule has 0 radical (unpaired) electrons. The Morgan fingerprint density at radius 3 is 2.70 bits per heavy atom. The van der Waals surface area contributed by atoms with E-state index in [1.807, 2.05) is 24.5 Å². The van der Waals surface area contributed by atoms with Crippen LogP contribution in [-0.4, -0.2) is 45.3 Å². The summed E-state index contributed by atoms with van der Waals surface area (Å²) in [7, 11) is 0. The molecule has 2 aromatic rings. The van der Waals surface area contributed by atoms with Crippen LogP contribution in [0.3, 0.4) is 0 Å².